The molecule has 1 unspecified atom stereocenters. The van der Waals surface area contributed by atoms with Crippen molar-refractivity contribution >= 4 is 15.9 Å². The maximum absolute atomic E-state index is 11.8. The lowest BCUT2D eigenvalue weighted by molar-refractivity contribution is -0.126. The van der Waals surface area contributed by atoms with Crippen LogP contribution in [0, 0.1) is 0 Å². The van der Waals surface area contributed by atoms with Gasteiger partial charge in [-0.1, -0.05) is 14.9 Å². The van der Waals surface area contributed by atoms with E-state index in [4.69, 9.17) is 0 Å². The summed E-state index contributed by atoms with van der Waals surface area (Å²) in [6.45, 7) is 3.80. The van der Waals surface area contributed by atoms with Crippen LogP contribution < -0.4 is 5.32 Å². The zero-order chi connectivity index (χ0) is 12.3. The second kappa shape index (κ2) is 7.70. The fourth-order valence-electron chi connectivity index (χ4n) is 1.81. The van der Waals surface area contributed by atoms with Crippen molar-refractivity contribution in [1.29, 1.82) is 0 Å². The largest absolute Gasteiger partial charge is 0.355 e. The van der Waals surface area contributed by atoms with Gasteiger partial charge in [0.2, 0.25) is 15.9 Å². The van der Waals surface area contributed by atoms with Crippen LogP contribution in [0.25, 0.3) is 0 Å². The number of amides is 1. The van der Waals surface area contributed by atoms with Crippen molar-refractivity contribution in [3.63, 3.8) is 0 Å². The number of carbonyl (C=O) groups excluding carboxylic acids is 1. The summed E-state index contributed by atoms with van der Waals surface area (Å²) in [6.07, 6.45) is 1.14. The van der Waals surface area contributed by atoms with Gasteiger partial charge in [-0.05, 0) is 14.0 Å². The molecule has 0 aromatic carbocycles. The van der Waals surface area contributed by atoms with Crippen LogP contribution in [0.2, 0.25) is 0 Å². The van der Waals surface area contributed by atoms with E-state index >= 15 is 0 Å². The molecule has 0 aromatic rings. The summed E-state index contributed by atoms with van der Waals surface area (Å²) < 4.78 is 24.4. The monoisotopic (exact) mass is 281 g/mol. The number of hydrogen-bond acceptors (Lipinski definition) is 4. The van der Waals surface area contributed by atoms with Crippen molar-refractivity contribution in [3.8, 4) is 0 Å². The molecule has 0 bridgehead atoms. The summed E-state index contributed by atoms with van der Waals surface area (Å²) in [6, 6.07) is -0.603. The Balaban J connectivity index is 0. The molecule has 1 aliphatic rings. The van der Waals surface area contributed by atoms with Gasteiger partial charge in [-0.25, -0.2) is 8.42 Å². The Morgan fingerprint density at radius 2 is 1.89 bits per heavy atom. The first-order valence-electron chi connectivity index (χ1n) is 5.29. The minimum Gasteiger partial charge on any atom is -0.355 e. The number of nitrogens with zero attached hydrogens (tertiary/aromatic N) is 2. The van der Waals surface area contributed by atoms with E-state index in [0.717, 1.165) is 6.26 Å². The van der Waals surface area contributed by atoms with Crippen molar-refractivity contribution in [3.05, 3.63) is 0 Å². The number of rotatable bonds is 3. The van der Waals surface area contributed by atoms with E-state index in [9.17, 15) is 13.2 Å². The molecule has 0 saturated carbocycles. The van der Waals surface area contributed by atoms with Crippen molar-refractivity contribution in [1.82, 2.24) is 14.5 Å². The van der Waals surface area contributed by atoms with Gasteiger partial charge >= 0.3 is 0 Å². The molecule has 0 aromatic heterocycles. The number of likely N-dealkylation sites (N-methyl/N-ethyl adjacent to an activating group) is 2. The molecule has 110 valence electrons. The average Bonchev–Trinajstić information content (AvgIpc) is 2.16. The van der Waals surface area contributed by atoms with Gasteiger partial charge in [-0.3, -0.25) is 4.79 Å². The topological polar surface area (TPSA) is 69.7 Å². The Bertz CT molecular complexity index is 357. The first kappa shape index (κ1) is 19.7. The lowest BCUT2D eigenvalue weighted by Gasteiger charge is -2.37. The summed E-state index contributed by atoms with van der Waals surface area (Å²) in [4.78, 5) is 13.7. The highest BCUT2D eigenvalue weighted by atomic mass is 32.2. The van der Waals surface area contributed by atoms with Crippen LogP contribution >= 0.6 is 0 Å². The number of sulfonamides is 1. The number of nitrogens with one attached hydrogen (secondary N) is 1. The van der Waals surface area contributed by atoms with Crippen LogP contribution in [0.1, 0.15) is 21.8 Å². The standard InChI is InChI=1S/C9H19N3O3S.2CH4/c1-4-10-9(13)8-7-11(2)5-6-12(8)16(3,14)15;;/h8H,4-7H2,1-3H3,(H,10,13);2*1H4. The van der Waals surface area contributed by atoms with E-state index in [1.807, 2.05) is 18.9 Å². The van der Waals surface area contributed by atoms with Crippen LogP contribution in [0.15, 0.2) is 0 Å². The van der Waals surface area contributed by atoms with Gasteiger partial charge in [0.25, 0.3) is 0 Å². The zero-order valence-corrected chi connectivity index (χ0v) is 10.7. The van der Waals surface area contributed by atoms with Gasteiger partial charge < -0.3 is 10.2 Å². The van der Waals surface area contributed by atoms with Gasteiger partial charge in [0.05, 0.1) is 6.26 Å². The molecule has 1 fully saturated rings. The Kier molecular flexibility index (Phi) is 8.42. The first-order valence-corrected chi connectivity index (χ1v) is 7.14. The Morgan fingerprint density at radius 1 is 1.33 bits per heavy atom. The summed E-state index contributed by atoms with van der Waals surface area (Å²) in [7, 11) is -1.44. The van der Waals surface area contributed by atoms with Crippen molar-refractivity contribution < 1.29 is 13.2 Å². The van der Waals surface area contributed by atoms with Crippen molar-refractivity contribution in [2.75, 3.05) is 39.5 Å². The van der Waals surface area contributed by atoms with E-state index in [2.05, 4.69) is 5.32 Å². The maximum Gasteiger partial charge on any atom is 0.239 e. The van der Waals surface area contributed by atoms with Gasteiger partial charge in [0, 0.05) is 26.2 Å². The van der Waals surface area contributed by atoms with Crippen LogP contribution in [0.3, 0.4) is 0 Å². The normalized spacial score (nSPS) is 21.6. The van der Waals surface area contributed by atoms with Gasteiger partial charge in [0.15, 0.2) is 0 Å². The summed E-state index contributed by atoms with van der Waals surface area (Å²) in [5.74, 6) is -0.223. The molecular formula is C11H27N3O3S. The fourth-order valence-corrected chi connectivity index (χ4v) is 2.84. The smallest absolute Gasteiger partial charge is 0.239 e. The van der Waals surface area contributed by atoms with E-state index < -0.39 is 16.1 Å². The molecule has 0 aliphatic carbocycles. The Labute approximate surface area is 111 Å². The van der Waals surface area contributed by atoms with E-state index in [0.29, 0.717) is 26.2 Å². The number of piperazine rings is 1. The summed E-state index contributed by atoms with van der Waals surface area (Å²) in [5.41, 5.74) is 0. The first-order chi connectivity index (χ1) is 7.36. The average molecular weight is 281 g/mol. The molecule has 1 heterocycles. The molecule has 1 saturated heterocycles. The van der Waals surface area contributed by atoms with Gasteiger partial charge in [0.1, 0.15) is 6.04 Å². The van der Waals surface area contributed by atoms with Gasteiger partial charge in [-0.2, -0.15) is 4.31 Å². The second-order valence-corrected chi connectivity index (χ2v) is 5.98. The molecule has 1 atom stereocenters. The molecule has 18 heavy (non-hydrogen) atoms. The SMILES string of the molecule is C.C.CCNC(=O)C1CN(C)CCN1S(C)(=O)=O. The molecular weight excluding hydrogens is 254 g/mol. The number of carbonyl (C=O) groups is 1. The van der Waals surface area contributed by atoms with Crippen LogP contribution in [-0.2, 0) is 14.8 Å². The lowest BCUT2D eigenvalue weighted by atomic mass is 10.2. The van der Waals surface area contributed by atoms with Crippen molar-refractivity contribution in [2.24, 2.45) is 0 Å². The second-order valence-electron chi connectivity index (χ2n) is 4.05. The van der Waals surface area contributed by atoms with E-state index in [1.165, 1.54) is 4.31 Å². The molecule has 1 amide bonds. The van der Waals surface area contributed by atoms with Crippen LogP contribution in [0.4, 0.5) is 0 Å². The molecule has 7 heteroatoms. The summed E-state index contributed by atoms with van der Waals surface area (Å²) in [5, 5.41) is 2.67. The zero-order valence-electron chi connectivity index (χ0n) is 9.93. The predicted molar refractivity (Wildman–Crippen MR) is 75.0 cm³/mol. The number of hydrogen-bond donors (Lipinski definition) is 1. The van der Waals surface area contributed by atoms with Gasteiger partial charge in [-0.15, -0.1) is 0 Å². The maximum atomic E-state index is 11.8. The van der Waals surface area contributed by atoms with Crippen LogP contribution in [0.5, 0.6) is 0 Å². The van der Waals surface area contributed by atoms with E-state index in [-0.39, 0.29) is 20.8 Å². The molecule has 1 aliphatic heterocycles. The van der Waals surface area contributed by atoms with Crippen molar-refractivity contribution in [2.45, 2.75) is 27.8 Å². The Morgan fingerprint density at radius 3 is 2.33 bits per heavy atom. The highest BCUT2D eigenvalue weighted by Crippen LogP contribution is 2.12. The molecule has 1 rings (SSSR count). The quantitative estimate of drug-likeness (QED) is 0.789. The Hall–Kier alpha value is -0.660. The third-order valence-electron chi connectivity index (χ3n) is 2.61. The minimum absolute atomic E-state index is 0. The summed E-state index contributed by atoms with van der Waals surface area (Å²) >= 11 is 0. The third kappa shape index (κ3) is 4.91. The molecule has 1 N–H and O–H groups in total. The highest BCUT2D eigenvalue weighted by Gasteiger charge is 2.35. The van der Waals surface area contributed by atoms with Crippen LogP contribution in [-0.4, -0.2) is 69.1 Å². The van der Waals surface area contributed by atoms with E-state index in [1.54, 1.807) is 0 Å². The predicted octanol–water partition coefficient (Wildman–Crippen LogP) is -0.0297. The molecule has 0 spiro atoms. The fraction of sp³-hybridized carbons (Fsp3) is 0.909. The minimum atomic E-state index is -3.32. The third-order valence-corrected chi connectivity index (χ3v) is 3.90. The highest BCUT2D eigenvalue weighted by molar-refractivity contribution is 7.88. The lowest BCUT2D eigenvalue weighted by Crippen LogP contribution is -2.59. The molecule has 6 nitrogen and oxygen atoms in total. The molecule has 0 radical (unpaired) electrons.